The molecule has 0 radical (unpaired) electrons. The van der Waals surface area contributed by atoms with E-state index < -0.39 is 0 Å². The third kappa shape index (κ3) is 3.22. The van der Waals surface area contributed by atoms with Crippen LogP contribution in [0.3, 0.4) is 0 Å². The van der Waals surface area contributed by atoms with Crippen LogP contribution in [0, 0.1) is 0 Å². The molecule has 0 aliphatic heterocycles. The molecule has 0 aliphatic carbocycles. The van der Waals surface area contributed by atoms with Gasteiger partial charge in [-0.15, -0.1) is 0 Å². The van der Waals surface area contributed by atoms with Crippen molar-refractivity contribution in [1.29, 1.82) is 0 Å². The second-order valence-electron chi connectivity index (χ2n) is 3.30. The third-order valence-corrected chi connectivity index (χ3v) is 2.91. The molecule has 0 saturated carbocycles. The predicted molar refractivity (Wildman–Crippen MR) is 70.8 cm³/mol. The van der Waals surface area contributed by atoms with Gasteiger partial charge in [0.15, 0.2) is 0 Å². The van der Waals surface area contributed by atoms with Crippen LogP contribution in [0.5, 0.6) is 0 Å². The van der Waals surface area contributed by atoms with Gasteiger partial charge in [0.1, 0.15) is 6.33 Å². The van der Waals surface area contributed by atoms with Crippen molar-refractivity contribution in [3.05, 3.63) is 51.5 Å². The average molecular weight is 289 g/mol. The van der Waals surface area contributed by atoms with Crippen LogP contribution in [-0.2, 0) is 6.54 Å². The molecule has 6 heteroatoms. The minimum atomic E-state index is 0.483. The summed E-state index contributed by atoms with van der Waals surface area (Å²) in [7, 11) is 0. The normalized spacial score (nSPS) is 10.3. The van der Waals surface area contributed by atoms with E-state index in [4.69, 9.17) is 34.8 Å². The number of anilines is 1. The van der Waals surface area contributed by atoms with E-state index in [0.29, 0.717) is 27.3 Å². The Balaban J connectivity index is 2.15. The number of nitrogens with one attached hydrogen (secondary N) is 1. The van der Waals surface area contributed by atoms with Gasteiger partial charge >= 0.3 is 0 Å². The summed E-state index contributed by atoms with van der Waals surface area (Å²) in [6.45, 7) is 0.517. The van der Waals surface area contributed by atoms with Gasteiger partial charge in [-0.2, -0.15) is 0 Å². The van der Waals surface area contributed by atoms with Crippen LogP contribution in [0.25, 0.3) is 0 Å². The Morgan fingerprint density at radius 1 is 1.12 bits per heavy atom. The smallest absolute Gasteiger partial charge is 0.115 e. The van der Waals surface area contributed by atoms with Gasteiger partial charge in [0.05, 0.1) is 28.0 Å². The number of halogens is 3. The molecular formula is C11H8Cl3N3. The molecule has 2 aromatic rings. The molecule has 1 N–H and O–H groups in total. The minimum Gasteiger partial charge on any atom is -0.377 e. The molecule has 0 amide bonds. The van der Waals surface area contributed by atoms with Crippen LogP contribution in [0.1, 0.15) is 5.69 Å². The third-order valence-electron chi connectivity index (χ3n) is 2.10. The second-order valence-corrected chi connectivity index (χ2v) is 4.55. The van der Waals surface area contributed by atoms with Gasteiger partial charge in [-0.25, -0.2) is 9.97 Å². The summed E-state index contributed by atoms with van der Waals surface area (Å²) in [5.74, 6) is 0. The Morgan fingerprint density at radius 2 is 1.82 bits per heavy atom. The van der Waals surface area contributed by atoms with Crippen molar-refractivity contribution >= 4 is 40.5 Å². The van der Waals surface area contributed by atoms with E-state index in [2.05, 4.69) is 15.3 Å². The van der Waals surface area contributed by atoms with Gasteiger partial charge in [-0.1, -0.05) is 34.8 Å². The van der Waals surface area contributed by atoms with Gasteiger partial charge in [0.2, 0.25) is 0 Å². The van der Waals surface area contributed by atoms with E-state index in [1.165, 1.54) is 6.33 Å². The zero-order chi connectivity index (χ0) is 12.3. The lowest BCUT2D eigenvalue weighted by Gasteiger charge is -2.10. The Morgan fingerprint density at radius 3 is 2.41 bits per heavy atom. The number of nitrogens with zero attached hydrogens (tertiary/aromatic N) is 2. The van der Waals surface area contributed by atoms with Crippen LogP contribution in [-0.4, -0.2) is 9.97 Å². The van der Waals surface area contributed by atoms with Crippen molar-refractivity contribution in [2.24, 2.45) is 0 Å². The number of rotatable bonds is 3. The first kappa shape index (κ1) is 12.4. The van der Waals surface area contributed by atoms with Crippen LogP contribution < -0.4 is 5.32 Å². The van der Waals surface area contributed by atoms with Crippen molar-refractivity contribution in [3.8, 4) is 0 Å². The van der Waals surface area contributed by atoms with Gasteiger partial charge in [-0.05, 0) is 18.2 Å². The highest BCUT2D eigenvalue weighted by molar-refractivity contribution is 6.41. The van der Waals surface area contributed by atoms with Crippen LogP contribution in [0.4, 0.5) is 5.69 Å². The van der Waals surface area contributed by atoms with Gasteiger partial charge < -0.3 is 5.32 Å². The highest BCUT2D eigenvalue weighted by Gasteiger charge is 2.07. The van der Waals surface area contributed by atoms with E-state index in [0.717, 1.165) is 5.69 Å². The van der Waals surface area contributed by atoms with Crippen molar-refractivity contribution in [2.75, 3.05) is 5.32 Å². The molecule has 17 heavy (non-hydrogen) atoms. The highest BCUT2D eigenvalue weighted by atomic mass is 35.5. The lowest BCUT2D eigenvalue weighted by Crippen LogP contribution is -2.02. The van der Waals surface area contributed by atoms with Crippen molar-refractivity contribution in [2.45, 2.75) is 6.54 Å². The van der Waals surface area contributed by atoms with E-state index in [9.17, 15) is 0 Å². The maximum Gasteiger partial charge on any atom is 0.115 e. The Bertz CT molecular complexity index is 494. The molecule has 0 unspecified atom stereocenters. The van der Waals surface area contributed by atoms with Crippen LogP contribution in [0.15, 0.2) is 30.7 Å². The van der Waals surface area contributed by atoms with Crippen molar-refractivity contribution in [1.82, 2.24) is 9.97 Å². The van der Waals surface area contributed by atoms with Gasteiger partial charge in [0.25, 0.3) is 0 Å². The number of benzene rings is 1. The zero-order valence-corrected chi connectivity index (χ0v) is 10.9. The first-order valence-corrected chi connectivity index (χ1v) is 5.93. The SMILES string of the molecule is Clc1cc(Cl)c(NCc2ccncn2)c(Cl)c1. The fourth-order valence-electron chi connectivity index (χ4n) is 1.31. The maximum atomic E-state index is 6.04. The van der Waals surface area contributed by atoms with Crippen molar-refractivity contribution < 1.29 is 0 Å². The van der Waals surface area contributed by atoms with E-state index >= 15 is 0 Å². The van der Waals surface area contributed by atoms with E-state index in [-0.39, 0.29) is 0 Å². The van der Waals surface area contributed by atoms with Gasteiger partial charge in [-0.3, -0.25) is 0 Å². The molecule has 0 fully saturated rings. The maximum absolute atomic E-state index is 6.04. The van der Waals surface area contributed by atoms with E-state index in [1.807, 2.05) is 6.07 Å². The predicted octanol–water partition coefficient (Wildman–Crippen LogP) is 4.05. The number of hydrogen-bond acceptors (Lipinski definition) is 3. The molecule has 1 heterocycles. The van der Waals surface area contributed by atoms with Gasteiger partial charge in [0, 0.05) is 11.2 Å². The largest absolute Gasteiger partial charge is 0.377 e. The minimum absolute atomic E-state index is 0.483. The molecule has 0 atom stereocenters. The first-order chi connectivity index (χ1) is 8.16. The van der Waals surface area contributed by atoms with E-state index in [1.54, 1.807) is 18.3 Å². The summed E-state index contributed by atoms with van der Waals surface area (Å²) < 4.78 is 0. The molecule has 2 rings (SSSR count). The Kier molecular flexibility index (Phi) is 4.05. The summed E-state index contributed by atoms with van der Waals surface area (Å²) in [6, 6.07) is 5.08. The van der Waals surface area contributed by atoms with Crippen molar-refractivity contribution in [3.63, 3.8) is 0 Å². The molecule has 3 nitrogen and oxygen atoms in total. The Labute approximate surface area is 114 Å². The lowest BCUT2D eigenvalue weighted by atomic mass is 10.3. The summed E-state index contributed by atoms with van der Waals surface area (Å²) >= 11 is 17.9. The zero-order valence-electron chi connectivity index (χ0n) is 8.62. The molecule has 0 aliphatic rings. The standard InChI is InChI=1S/C11H8Cl3N3/c12-7-3-9(13)11(10(14)4-7)16-5-8-1-2-15-6-17-8/h1-4,6,16H,5H2. The highest BCUT2D eigenvalue weighted by Crippen LogP contribution is 2.33. The molecule has 1 aromatic heterocycles. The molecular weight excluding hydrogens is 281 g/mol. The summed E-state index contributed by atoms with van der Waals surface area (Å²) in [4.78, 5) is 7.92. The molecule has 0 bridgehead atoms. The summed E-state index contributed by atoms with van der Waals surface area (Å²) in [5.41, 5.74) is 1.50. The fraction of sp³-hybridized carbons (Fsp3) is 0.0909. The summed E-state index contributed by atoms with van der Waals surface area (Å²) in [6.07, 6.45) is 3.16. The lowest BCUT2D eigenvalue weighted by molar-refractivity contribution is 1.01. The van der Waals surface area contributed by atoms with Crippen LogP contribution >= 0.6 is 34.8 Å². The van der Waals surface area contributed by atoms with Crippen LogP contribution in [0.2, 0.25) is 15.1 Å². The molecule has 88 valence electrons. The molecule has 0 spiro atoms. The quantitative estimate of drug-likeness (QED) is 0.926. The second kappa shape index (κ2) is 5.54. The topological polar surface area (TPSA) is 37.8 Å². The molecule has 0 saturated heterocycles. The monoisotopic (exact) mass is 287 g/mol. The first-order valence-electron chi connectivity index (χ1n) is 4.80. The molecule has 1 aromatic carbocycles. The summed E-state index contributed by atoms with van der Waals surface area (Å²) in [5, 5.41) is 4.58. The fourth-order valence-corrected chi connectivity index (χ4v) is 2.26. The number of hydrogen-bond donors (Lipinski definition) is 1. The average Bonchev–Trinajstić information content (AvgIpc) is 2.29. The Hall–Kier alpha value is -1.03. The number of aromatic nitrogens is 2.